The molecule has 1 rings (SSSR count). The molecule has 11 heavy (non-hydrogen) atoms. The molecule has 3 N–H and O–H groups in total. The topological polar surface area (TPSA) is 55.1 Å². The smallest absolute Gasteiger partial charge is 0.276 e. The van der Waals surface area contributed by atoms with Gasteiger partial charge in [0.2, 0.25) is 0 Å². The number of hydrogen-bond donors (Lipinski definition) is 2. The number of nitrogens with one attached hydrogen (secondary N) is 1. The third-order valence-electron chi connectivity index (χ3n) is 0.982. The molecular weight excluding hydrogens is 180 g/mol. The van der Waals surface area contributed by atoms with Gasteiger partial charge in [-0.1, -0.05) is 12.2 Å². The largest absolute Gasteiger partial charge is 0.364 e. The van der Waals surface area contributed by atoms with Gasteiger partial charge in [-0.25, -0.2) is 0 Å². The first-order chi connectivity index (χ1) is 5.20. The average molecular weight is 186 g/mol. The van der Waals surface area contributed by atoms with Gasteiger partial charge in [-0.3, -0.25) is 4.79 Å². The van der Waals surface area contributed by atoms with Crippen LogP contribution in [0.3, 0.4) is 0 Å². The number of anilines is 1. The van der Waals surface area contributed by atoms with E-state index in [2.05, 4.69) is 17.5 Å². The maximum atomic E-state index is 10.4. The third-order valence-corrected chi connectivity index (χ3v) is 2.07. The summed E-state index contributed by atoms with van der Waals surface area (Å²) in [7, 11) is 0. The number of thiophene rings is 1. The lowest BCUT2D eigenvalue weighted by Gasteiger charge is -1.98. The number of carbonyl (C=O) groups is 1. The standard InChI is InChI=1S/C6H6N2OS2/c7-5(9)6(10)8-4-2-1-3-11-4/h1-3H,(H2,7,9)(H,8,10). The van der Waals surface area contributed by atoms with Gasteiger partial charge in [-0.2, -0.15) is 0 Å². The van der Waals surface area contributed by atoms with Crippen molar-refractivity contribution in [1.29, 1.82) is 0 Å². The lowest BCUT2D eigenvalue weighted by atomic mass is 10.5. The van der Waals surface area contributed by atoms with Crippen LogP contribution >= 0.6 is 23.6 Å². The first-order valence-corrected chi connectivity index (χ1v) is 4.13. The summed E-state index contributed by atoms with van der Waals surface area (Å²) in [5.74, 6) is -0.603. The molecular formula is C6H6N2OS2. The number of hydrogen-bond acceptors (Lipinski definition) is 3. The molecule has 0 saturated heterocycles. The van der Waals surface area contributed by atoms with Crippen molar-refractivity contribution in [3.8, 4) is 0 Å². The van der Waals surface area contributed by atoms with Gasteiger partial charge >= 0.3 is 0 Å². The van der Waals surface area contributed by atoms with Gasteiger partial charge in [0.05, 0.1) is 5.00 Å². The van der Waals surface area contributed by atoms with E-state index in [9.17, 15) is 4.79 Å². The van der Waals surface area contributed by atoms with Crippen molar-refractivity contribution in [2.75, 3.05) is 5.32 Å². The molecule has 0 aliphatic rings. The van der Waals surface area contributed by atoms with E-state index in [-0.39, 0.29) is 4.99 Å². The molecule has 0 aliphatic carbocycles. The Bertz CT molecular complexity index is 268. The van der Waals surface area contributed by atoms with Gasteiger partial charge in [0.1, 0.15) is 0 Å². The van der Waals surface area contributed by atoms with E-state index < -0.39 is 5.91 Å². The summed E-state index contributed by atoms with van der Waals surface area (Å²) in [5.41, 5.74) is 4.91. The Morgan fingerprint density at radius 3 is 2.91 bits per heavy atom. The fraction of sp³-hybridized carbons (Fsp3) is 0. The van der Waals surface area contributed by atoms with Gasteiger partial charge in [0, 0.05) is 0 Å². The first-order valence-electron chi connectivity index (χ1n) is 2.84. The fourth-order valence-electron chi connectivity index (χ4n) is 0.523. The number of amides is 1. The van der Waals surface area contributed by atoms with Crippen molar-refractivity contribution in [2.24, 2.45) is 5.73 Å². The SMILES string of the molecule is NC(=O)C(=S)Nc1cccs1. The highest BCUT2D eigenvalue weighted by Crippen LogP contribution is 2.14. The molecule has 0 unspecified atom stereocenters. The van der Waals surface area contributed by atoms with Gasteiger partial charge < -0.3 is 11.1 Å². The molecule has 5 heteroatoms. The van der Waals surface area contributed by atoms with Crippen LogP contribution in [0.15, 0.2) is 17.5 Å². The second-order valence-electron chi connectivity index (χ2n) is 1.80. The normalized spacial score (nSPS) is 9.09. The summed E-state index contributed by atoms with van der Waals surface area (Å²) >= 11 is 6.11. The van der Waals surface area contributed by atoms with Gasteiger partial charge in [-0.05, 0) is 17.5 Å². The summed E-state index contributed by atoms with van der Waals surface area (Å²) in [4.78, 5) is 10.5. The molecule has 0 bridgehead atoms. The molecule has 1 amide bonds. The van der Waals surface area contributed by atoms with E-state index in [4.69, 9.17) is 5.73 Å². The third kappa shape index (κ3) is 2.28. The quantitative estimate of drug-likeness (QED) is 0.643. The summed E-state index contributed by atoms with van der Waals surface area (Å²) in [6.07, 6.45) is 0. The monoisotopic (exact) mass is 186 g/mol. The van der Waals surface area contributed by atoms with Crippen molar-refractivity contribution in [3.63, 3.8) is 0 Å². The van der Waals surface area contributed by atoms with E-state index in [1.54, 1.807) is 0 Å². The van der Waals surface area contributed by atoms with Crippen LogP contribution in [-0.2, 0) is 4.79 Å². The summed E-state index contributed by atoms with van der Waals surface area (Å²) in [6.45, 7) is 0. The minimum atomic E-state index is -0.603. The van der Waals surface area contributed by atoms with E-state index in [0.717, 1.165) is 5.00 Å². The number of primary amides is 1. The van der Waals surface area contributed by atoms with Crippen molar-refractivity contribution >= 4 is 39.5 Å². The highest BCUT2D eigenvalue weighted by atomic mass is 32.1. The molecule has 58 valence electrons. The molecule has 0 aliphatic heterocycles. The maximum absolute atomic E-state index is 10.4. The van der Waals surface area contributed by atoms with Gasteiger partial charge in [0.15, 0.2) is 4.99 Å². The first kappa shape index (κ1) is 8.16. The molecule has 1 aromatic rings. The van der Waals surface area contributed by atoms with Crippen molar-refractivity contribution in [1.82, 2.24) is 0 Å². The Morgan fingerprint density at radius 1 is 1.73 bits per heavy atom. The molecule has 0 radical (unpaired) electrons. The predicted octanol–water partition coefficient (Wildman–Crippen LogP) is 0.973. The second-order valence-corrected chi connectivity index (χ2v) is 3.15. The molecule has 0 fully saturated rings. The van der Waals surface area contributed by atoms with Crippen LogP contribution in [-0.4, -0.2) is 10.9 Å². The van der Waals surface area contributed by atoms with Crippen LogP contribution in [0.5, 0.6) is 0 Å². The van der Waals surface area contributed by atoms with Crippen LogP contribution in [0.4, 0.5) is 5.00 Å². The highest BCUT2D eigenvalue weighted by Gasteiger charge is 2.03. The Balaban J connectivity index is 2.57. The van der Waals surface area contributed by atoms with Crippen LogP contribution in [0.2, 0.25) is 0 Å². The van der Waals surface area contributed by atoms with Crippen LogP contribution in [0.25, 0.3) is 0 Å². The second kappa shape index (κ2) is 3.45. The summed E-state index contributed by atoms with van der Waals surface area (Å²) in [5, 5.41) is 5.41. The molecule has 0 atom stereocenters. The lowest BCUT2D eigenvalue weighted by molar-refractivity contribution is -0.111. The van der Waals surface area contributed by atoms with Crippen LogP contribution in [0.1, 0.15) is 0 Å². The molecule has 0 spiro atoms. The number of nitrogens with two attached hydrogens (primary N) is 1. The highest BCUT2D eigenvalue weighted by molar-refractivity contribution is 7.82. The Labute approximate surface area is 73.2 Å². The predicted molar refractivity (Wildman–Crippen MR) is 49.7 cm³/mol. The molecule has 1 aromatic heterocycles. The molecule has 1 heterocycles. The summed E-state index contributed by atoms with van der Waals surface area (Å²) in [6, 6.07) is 3.68. The van der Waals surface area contributed by atoms with Crippen molar-refractivity contribution in [2.45, 2.75) is 0 Å². The average Bonchev–Trinajstić information content (AvgIpc) is 2.39. The Hall–Kier alpha value is -0.940. The van der Waals surface area contributed by atoms with Crippen molar-refractivity contribution < 1.29 is 4.79 Å². The van der Waals surface area contributed by atoms with Gasteiger partial charge in [0.25, 0.3) is 5.91 Å². The zero-order valence-corrected chi connectivity index (χ0v) is 7.17. The van der Waals surface area contributed by atoms with Crippen molar-refractivity contribution in [3.05, 3.63) is 17.5 Å². The zero-order valence-electron chi connectivity index (χ0n) is 5.53. The number of thiocarbonyl (C=S) groups is 1. The zero-order chi connectivity index (χ0) is 8.27. The van der Waals surface area contributed by atoms with E-state index >= 15 is 0 Å². The van der Waals surface area contributed by atoms with E-state index in [1.165, 1.54) is 11.3 Å². The summed E-state index contributed by atoms with van der Waals surface area (Å²) < 4.78 is 0. The molecule has 0 saturated carbocycles. The Kier molecular flexibility index (Phi) is 2.56. The van der Waals surface area contributed by atoms with Gasteiger partial charge in [-0.15, -0.1) is 11.3 Å². The molecule has 0 aromatic carbocycles. The number of carbonyl (C=O) groups excluding carboxylic acids is 1. The van der Waals surface area contributed by atoms with E-state index in [1.807, 2.05) is 17.5 Å². The van der Waals surface area contributed by atoms with Crippen LogP contribution < -0.4 is 11.1 Å². The number of rotatable bonds is 1. The fourth-order valence-corrected chi connectivity index (χ4v) is 1.32. The minimum Gasteiger partial charge on any atom is -0.364 e. The lowest BCUT2D eigenvalue weighted by Crippen LogP contribution is -2.27. The minimum absolute atomic E-state index is 0.0486. The molecule has 3 nitrogen and oxygen atoms in total. The maximum Gasteiger partial charge on any atom is 0.276 e. The Morgan fingerprint density at radius 2 is 2.45 bits per heavy atom. The van der Waals surface area contributed by atoms with Crippen LogP contribution in [0, 0.1) is 0 Å². The van der Waals surface area contributed by atoms with E-state index in [0.29, 0.717) is 0 Å².